The maximum Gasteiger partial charge on any atom is 0.123 e. The Labute approximate surface area is 119 Å². The minimum absolute atomic E-state index is 0.191. The van der Waals surface area contributed by atoms with Crippen LogP contribution in [-0.4, -0.2) is 16.3 Å². The predicted molar refractivity (Wildman–Crippen MR) is 79.2 cm³/mol. The van der Waals surface area contributed by atoms with E-state index in [1.807, 2.05) is 23.7 Å². The van der Waals surface area contributed by atoms with Crippen molar-refractivity contribution in [1.29, 1.82) is 0 Å². The number of nitrogens with zero attached hydrogens (tertiary/aromatic N) is 2. The molecule has 0 spiro atoms. The van der Waals surface area contributed by atoms with E-state index in [0.717, 1.165) is 30.8 Å². The molecule has 0 saturated carbocycles. The topological polar surface area (TPSA) is 29.9 Å². The van der Waals surface area contributed by atoms with Crippen molar-refractivity contribution < 1.29 is 4.39 Å². The number of hydrogen-bond donors (Lipinski definition) is 1. The van der Waals surface area contributed by atoms with E-state index in [1.165, 1.54) is 17.8 Å². The molecule has 1 N–H and O–H groups in total. The Balaban J connectivity index is 2.23. The summed E-state index contributed by atoms with van der Waals surface area (Å²) in [6, 6.07) is 9.05. The van der Waals surface area contributed by atoms with Crippen LogP contribution in [-0.2, 0) is 13.0 Å². The van der Waals surface area contributed by atoms with E-state index < -0.39 is 0 Å². The van der Waals surface area contributed by atoms with Crippen LogP contribution in [0.1, 0.15) is 36.8 Å². The Morgan fingerprint density at radius 1 is 1.25 bits per heavy atom. The summed E-state index contributed by atoms with van der Waals surface area (Å²) in [5.41, 5.74) is 3.35. The maximum atomic E-state index is 13.0. The molecule has 20 heavy (non-hydrogen) atoms. The molecule has 0 aliphatic carbocycles. The molecule has 1 aromatic heterocycles. The SMILES string of the molecule is CCNC(Cc1ccc(F)cc1)c1cc(C)nn1CC. The van der Waals surface area contributed by atoms with Crippen molar-refractivity contribution in [2.24, 2.45) is 0 Å². The minimum Gasteiger partial charge on any atom is -0.309 e. The van der Waals surface area contributed by atoms with Gasteiger partial charge in [-0.25, -0.2) is 4.39 Å². The molecule has 0 aliphatic heterocycles. The molecular formula is C16H22FN3. The van der Waals surface area contributed by atoms with Crippen LogP contribution in [0, 0.1) is 12.7 Å². The standard InChI is InChI=1S/C16H22FN3/c1-4-18-15(11-13-6-8-14(17)9-7-13)16-10-12(3)19-20(16)5-2/h6-10,15,18H,4-5,11H2,1-3H3. The monoisotopic (exact) mass is 275 g/mol. The second-order valence-electron chi connectivity index (χ2n) is 4.97. The molecule has 4 heteroatoms. The third-order valence-corrected chi connectivity index (χ3v) is 3.39. The van der Waals surface area contributed by atoms with Gasteiger partial charge in [0.25, 0.3) is 0 Å². The molecule has 0 bridgehead atoms. The average Bonchev–Trinajstić information content (AvgIpc) is 2.82. The molecule has 2 aromatic rings. The van der Waals surface area contributed by atoms with Gasteiger partial charge in [0.1, 0.15) is 5.82 Å². The van der Waals surface area contributed by atoms with Crippen LogP contribution in [0.2, 0.25) is 0 Å². The number of aromatic nitrogens is 2. The largest absolute Gasteiger partial charge is 0.309 e. The summed E-state index contributed by atoms with van der Waals surface area (Å²) in [5, 5.41) is 8.00. The first-order valence-corrected chi connectivity index (χ1v) is 7.16. The lowest BCUT2D eigenvalue weighted by Gasteiger charge is -2.19. The lowest BCUT2D eigenvalue weighted by molar-refractivity contribution is 0.489. The first-order chi connectivity index (χ1) is 9.63. The van der Waals surface area contributed by atoms with Crippen LogP contribution < -0.4 is 5.32 Å². The molecule has 1 unspecified atom stereocenters. The quantitative estimate of drug-likeness (QED) is 0.877. The normalized spacial score (nSPS) is 12.6. The van der Waals surface area contributed by atoms with Gasteiger partial charge in [-0.1, -0.05) is 19.1 Å². The van der Waals surface area contributed by atoms with Gasteiger partial charge in [0.15, 0.2) is 0 Å². The fraction of sp³-hybridized carbons (Fsp3) is 0.438. The summed E-state index contributed by atoms with van der Waals surface area (Å²) < 4.78 is 15.0. The van der Waals surface area contributed by atoms with E-state index in [0.29, 0.717) is 0 Å². The number of aryl methyl sites for hydroxylation is 2. The van der Waals surface area contributed by atoms with Gasteiger partial charge in [-0.15, -0.1) is 0 Å². The van der Waals surface area contributed by atoms with E-state index in [9.17, 15) is 4.39 Å². The van der Waals surface area contributed by atoms with Gasteiger partial charge in [-0.3, -0.25) is 4.68 Å². The van der Waals surface area contributed by atoms with Crippen molar-refractivity contribution in [2.45, 2.75) is 39.8 Å². The Kier molecular flexibility index (Phi) is 4.90. The molecule has 0 amide bonds. The zero-order valence-corrected chi connectivity index (χ0v) is 12.4. The Morgan fingerprint density at radius 3 is 2.55 bits per heavy atom. The van der Waals surface area contributed by atoms with Crippen LogP contribution in [0.15, 0.2) is 30.3 Å². The van der Waals surface area contributed by atoms with Crippen LogP contribution in [0.25, 0.3) is 0 Å². The third kappa shape index (κ3) is 3.45. The zero-order chi connectivity index (χ0) is 14.5. The first kappa shape index (κ1) is 14.7. The van der Waals surface area contributed by atoms with Gasteiger partial charge in [-0.05, 0) is 50.6 Å². The summed E-state index contributed by atoms with van der Waals surface area (Å²) >= 11 is 0. The van der Waals surface area contributed by atoms with E-state index >= 15 is 0 Å². The summed E-state index contributed by atoms with van der Waals surface area (Å²) in [6.07, 6.45) is 0.833. The summed E-state index contributed by atoms with van der Waals surface area (Å²) in [5.74, 6) is -0.191. The van der Waals surface area contributed by atoms with Crippen molar-refractivity contribution >= 4 is 0 Å². The van der Waals surface area contributed by atoms with Gasteiger partial charge >= 0.3 is 0 Å². The van der Waals surface area contributed by atoms with Gasteiger partial charge in [0, 0.05) is 6.54 Å². The molecule has 0 saturated heterocycles. The Hall–Kier alpha value is -1.68. The van der Waals surface area contributed by atoms with Crippen molar-refractivity contribution in [2.75, 3.05) is 6.54 Å². The maximum absolute atomic E-state index is 13.0. The van der Waals surface area contributed by atoms with E-state index in [2.05, 4.69) is 30.3 Å². The highest BCUT2D eigenvalue weighted by molar-refractivity contribution is 5.21. The average molecular weight is 275 g/mol. The van der Waals surface area contributed by atoms with Crippen molar-refractivity contribution in [3.05, 3.63) is 53.1 Å². The smallest absolute Gasteiger partial charge is 0.123 e. The third-order valence-electron chi connectivity index (χ3n) is 3.39. The first-order valence-electron chi connectivity index (χ1n) is 7.16. The molecule has 0 aliphatic rings. The lowest BCUT2D eigenvalue weighted by atomic mass is 10.0. The van der Waals surface area contributed by atoms with E-state index in [4.69, 9.17) is 0 Å². The number of likely N-dealkylation sites (N-methyl/N-ethyl adjacent to an activating group) is 1. The molecule has 1 aromatic carbocycles. The van der Waals surface area contributed by atoms with Crippen molar-refractivity contribution in [3.63, 3.8) is 0 Å². The highest BCUT2D eigenvalue weighted by Crippen LogP contribution is 2.20. The summed E-state index contributed by atoms with van der Waals surface area (Å²) in [4.78, 5) is 0. The van der Waals surface area contributed by atoms with Gasteiger partial charge in [-0.2, -0.15) is 5.10 Å². The molecule has 3 nitrogen and oxygen atoms in total. The number of nitrogens with one attached hydrogen (secondary N) is 1. The molecule has 1 heterocycles. The van der Waals surface area contributed by atoms with Gasteiger partial charge < -0.3 is 5.32 Å². The Morgan fingerprint density at radius 2 is 1.95 bits per heavy atom. The minimum atomic E-state index is -0.191. The van der Waals surface area contributed by atoms with Crippen LogP contribution in [0.3, 0.4) is 0 Å². The fourth-order valence-corrected chi connectivity index (χ4v) is 2.48. The zero-order valence-electron chi connectivity index (χ0n) is 12.4. The van der Waals surface area contributed by atoms with Gasteiger partial charge in [0.05, 0.1) is 17.4 Å². The molecule has 2 rings (SSSR count). The predicted octanol–water partition coefficient (Wildman–Crippen LogP) is 3.24. The van der Waals surface area contributed by atoms with E-state index in [-0.39, 0.29) is 11.9 Å². The van der Waals surface area contributed by atoms with Crippen LogP contribution >= 0.6 is 0 Å². The number of benzene rings is 1. The molecular weight excluding hydrogens is 253 g/mol. The van der Waals surface area contributed by atoms with Crippen LogP contribution in [0.4, 0.5) is 4.39 Å². The summed E-state index contributed by atoms with van der Waals surface area (Å²) in [7, 11) is 0. The number of halogens is 1. The van der Waals surface area contributed by atoms with Crippen LogP contribution in [0.5, 0.6) is 0 Å². The molecule has 108 valence electrons. The van der Waals surface area contributed by atoms with Gasteiger partial charge in [0.2, 0.25) is 0 Å². The summed E-state index contributed by atoms with van der Waals surface area (Å²) in [6.45, 7) is 7.94. The molecule has 0 radical (unpaired) electrons. The Bertz CT molecular complexity index is 545. The highest BCUT2D eigenvalue weighted by atomic mass is 19.1. The highest BCUT2D eigenvalue weighted by Gasteiger charge is 2.16. The lowest BCUT2D eigenvalue weighted by Crippen LogP contribution is -2.25. The van der Waals surface area contributed by atoms with E-state index in [1.54, 1.807) is 0 Å². The molecule has 0 fully saturated rings. The second-order valence-corrected chi connectivity index (χ2v) is 4.97. The number of hydrogen-bond acceptors (Lipinski definition) is 2. The second kappa shape index (κ2) is 6.66. The molecule has 1 atom stereocenters. The van der Waals surface area contributed by atoms with Crippen molar-refractivity contribution in [1.82, 2.24) is 15.1 Å². The fourth-order valence-electron chi connectivity index (χ4n) is 2.48. The number of rotatable bonds is 6. The van der Waals surface area contributed by atoms with Crippen molar-refractivity contribution in [3.8, 4) is 0 Å².